The Morgan fingerprint density at radius 1 is 0.969 bits per heavy atom. The molecule has 2 aromatic heterocycles. The van der Waals surface area contributed by atoms with Crippen molar-refractivity contribution in [2.24, 2.45) is 0 Å². The summed E-state index contributed by atoms with van der Waals surface area (Å²) in [6.07, 6.45) is 2.71. The van der Waals surface area contributed by atoms with Gasteiger partial charge in [-0.1, -0.05) is 66.7 Å². The van der Waals surface area contributed by atoms with Crippen molar-refractivity contribution >= 4 is 28.3 Å². The van der Waals surface area contributed by atoms with Crippen LogP contribution in [0.3, 0.4) is 0 Å². The number of nitrogens with zero attached hydrogens (tertiary/aromatic N) is 2. The summed E-state index contributed by atoms with van der Waals surface area (Å²) < 4.78 is 0. The quantitative estimate of drug-likeness (QED) is 0.373. The van der Waals surface area contributed by atoms with Crippen LogP contribution in [0.15, 0.2) is 90.6 Å². The van der Waals surface area contributed by atoms with Gasteiger partial charge in [0.05, 0.1) is 40.5 Å². The number of H-pyrrole nitrogens is 1. The number of hydrogen-bond donors (Lipinski definition) is 2. The Bertz CT molecular complexity index is 1330. The lowest BCUT2D eigenvalue weighted by molar-refractivity contribution is -0.121. The third kappa shape index (κ3) is 4.60. The number of thiazole rings is 1. The van der Waals surface area contributed by atoms with Crippen LogP contribution >= 0.6 is 11.3 Å². The number of aromatic amines is 1. The predicted molar refractivity (Wildman–Crippen MR) is 128 cm³/mol. The van der Waals surface area contributed by atoms with E-state index in [0.717, 1.165) is 39.3 Å². The lowest BCUT2D eigenvalue weighted by atomic mass is 9.98. The minimum Gasteiger partial charge on any atom is -0.345 e. The first-order valence-corrected chi connectivity index (χ1v) is 11.4. The molecule has 3 aromatic carbocycles. The maximum Gasteiger partial charge on any atom is 0.226 e. The van der Waals surface area contributed by atoms with Gasteiger partial charge in [0.2, 0.25) is 5.91 Å². The zero-order chi connectivity index (χ0) is 21.8. The van der Waals surface area contributed by atoms with Crippen LogP contribution in [0.4, 0.5) is 0 Å². The molecule has 0 saturated carbocycles. The molecule has 0 aliphatic heterocycles. The number of imidazole rings is 1. The molecule has 0 spiro atoms. The molecule has 0 aliphatic carbocycles. The van der Waals surface area contributed by atoms with Crippen LogP contribution in [-0.4, -0.2) is 20.9 Å². The van der Waals surface area contributed by atoms with E-state index < -0.39 is 0 Å². The highest BCUT2D eigenvalue weighted by atomic mass is 32.1. The molecule has 158 valence electrons. The number of nitrogens with one attached hydrogen (secondary N) is 2. The molecule has 0 fully saturated rings. The summed E-state index contributed by atoms with van der Waals surface area (Å²) >= 11 is 1.60. The highest BCUT2D eigenvalue weighted by molar-refractivity contribution is 7.09. The van der Waals surface area contributed by atoms with E-state index in [2.05, 4.69) is 32.4 Å². The van der Waals surface area contributed by atoms with Crippen molar-refractivity contribution < 1.29 is 4.79 Å². The lowest BCUT2D eigenvalue weighted by Gasteiger charge is -2.20. The maximum absolute atomic E-state index is 13.0. The van der Waals surface area contributed by atoms with Crippen LogP contribution in [0.2, 0.25) is 0 Å². The summed E-state index contributed by atoms with van der Waals surface area (Å²) in [7, 11) is 0. The van der Waals surface area contributed by atoms with Crippen molar-refractivity contribution in [2.75, 3.05) is 0 Å². The molecule has 1 atom stereocenters. The minimum atomic E-state index is -0.251. The SMILES string of the molecule is O=C(Cc1csc(Cc2ccccc2)n1)NC(c1ccccc1)c1ccc2nc[nH]c2c1. The predicted octanol–water partition coefficient (Wildman–Crippen LogP) is 5.06. The van der Waals surface area contributed by atoms with Crippen LogP contribution in [0, 0.1) is 0 Å². The van der Waals surface area contributed by atoms with Gasteiger partial charge in [0.25, 0.3) is 0 Å². The van der Waals surface area contributed by atoms with Crippen molar-refractivity contribution in [2.45, 2.75) is 18.9 Å². The van der Waals surface area contributed by atoms with Crippen LogP contribution in [0.5, 0.6) is 0 Å². The number of carbonyl (C=O) groups is 1. The first-order chi connectivity index (χ1) is 15.7. The van der Waals surface area contributed by atoms with Gasteiger partial charge >= 0.3 is 0 Å². The summed E-state index contributed by atoms with van der Waals surface area (Å²) in [5, 5.41) is 6.20. The molecule has 0 saturated heterocycles. The second-order valence-corrected chi connectivity index (χ2v) is 8.60. The van der Waals surface area contributed by atoms with Gasteiger partial charge < -0.3 is 10.3 Å². The van der Waals surface area contributed by atoms with Crippen LogP contribution in [0.1, 0.15) is 33.4 Å². The van der Waals surface area contributed by atoms with E-state index >= 15 is 0 Å². The van der Waals surface area contributed by atoms with E-state index in [9.17, 15) is 4.79 Å². The molecule has 5 rings (SSSR count). The third-order valence-corrected chi connectivity index (χ3v) is 6.25. The van der Waals surface area contributed by atoms with Crippen molar-refractivity contribution in [3.05, 3.63) is 118 Å². The summed E-state index contributed by atoms with van der Waals surface area (Å²) in [6, 6.07) is 26.0. The van der Waals surface area contributed by atoms with E-state index in [1.54, 1.807) is 17.7 Å². The molecule has 1 amide bonds. The van der Waals surface area contributed by atoms with Gasteiger partial charge in [0.1, 0.15) is 0 Å². The second kappa shape index (κ2) is 9.16. The van der Waals surface area contributed by atoms with Gasteiger partial charge in [-0.2, -0.15) is 0 Å². The Balaban J connectivity index is 1.33. The molecular formula is C26H22N4OS. The highest BCUT2D eigenvalue weighted by Crippen LogP contribution is 2.25. The van der Waals surface area contributed by atoms with Gasteiger partial charge in [-0.15, -0.1) is 11.3 Å². The fourth-order valence-corrected chi connectivity index (χ4v) is 4.62. The minimum absolute atomic E-state index is 0.0554. The average molecular weight is 439 g/mol. The van der Waals surface area contributed by atoms with Gasteiger partial charge in [-0.3, -0.25) is 4.79 Å². The first-order valence-electron chi connectivity index (χ1n) is 10.5. The number of aromatic nitrogens is 3. The largest absolute Gasteiger partial charge is 0.345 e. The molecule has 5 nitrogen and oxygen atoms in total. The van der Waals surface area contributed by atoms with E-state index in [1.165, 1.54) is 5.56 Å². The Morgan fingerprint density at radius 2 is 1.75 bits per heavy atom. The number of fused-ring (bicyclic) bond motifs is 1. The average Bonchev–Trinajstić information content (AvgIpc) is 3.47. The fourth-order valence-electron chi connectivity index (χ4n) is 3.80. The van der Waals surface area contributed by atoms with Crippen LogP contribution in [0.25, 0.3) is 11.0 Å². The van der Waals surface area contributed by atoms with Gasteiger partial charge in [-0.25, -0.2) is 9.97 Å². The van der Waals surface area contributed by atoms with E-state index in [0.29, 0.717) is 0 Å². The zero-order valence-corrected chi connectivity index (χ0v) is 18.2. The normalized spacial score (nSPS) is 12.0. The summed E-state index contributed by atoms with van der Waals surface area (Å²) in [6.45, 7) is 0. The monoisotopic (exact) mass is 438 g/mol. The second-order valence-electron chi connectivity index (χ2n) is 7.66. The summed E-state index contributed by atoms with van der Waals surface area (Å²) in [5.74, 6) is -0.0554. The Hall–Kier alpha value is -3.77. The van der Waals surface area contributed by atoms with Gasteiger partial charge in [0.15, 0.2) is 0 Å². The van der Waals surface area contributed by atoms with Crippen molar-refractivity contribution in [3.8, 4) is 0 Å². The topological polar surface area (TPSA) is 70.7 Å². The molecule has 6 heteroatoms. The van der Waals surface area contributed by atoms with Crippen LogP contribution in [-0.2, 0) is 17.6 Å². The maximum atomic E-state index is 13.0. The van der Waals surface area contributed by atoms with E-state index in [-0.39, 0.29) is 18.4 Å². The Kier molecular flexibility index (Phi) is 5.77. The number of carbonyl (C=O) groups excluding carboxylic acids is 1. The molecule has 0 radical (unpaired) electrons. The number of hydrogen-bond acceptors (Lipinski definition) is 4. The number of benzene rings is 3. The third-order valence-electron chi connectivity index (χ3n) is 5.36. The lowest BCUT2D eigenvalue weighted by Crippen LogP contribution is -2.30. The molecule has 0 bridgehead atoms. The highest BCUT2D eigenvalue weighted by Gasteiger charge is 2.18. The van der Waals surface area contributed by atoms with E-state index in [4.69, 9.17) is 0 Å². The van der Waals surface area contributed by atoms with Crippen molar-refractivity contribution in [3.63, 3.8) is 0 Å². The van der Waals surface area contributed by atoms with Gasteiger partial charge in [0, 0.05) is 11.8 Å². The smallest absolute Gasteiger partial charge is 0.226 e. The molecule has 2 heterocycles. The molecule has 5 aromatic rings. The van der Waals surface area contributed by atoms with Crippen molar-refractivity contribution in [1.82, 2.24) is 20.3 Å². The van der Waals surface area contributed by atoms with Crippen molar-refractivity contribution in [1.29, 1.82) is 0 Å². The Labute approximate surface area is 190 Å². The zero-order valence-electron chi connectivity index (χ0n) is 17.4. The molecule has 0 aliphatic rings. The van der Waals surface area contributed by atoms with E-state index in [1.807, 2.05) is 72.1 Å². The molecular weight excluding hydrogens is 416 g/mol. The molecule has 1 unspecified atom stereocenters. The number of amides is 1. The first kappa shape index (κ1) is 20.2. The summed E-state index contributed by atoms with van der Waals surface area (Å²) in [4.78, 5) is 25.1. The fraction of sp³-hybridized carbons (Fsp3) is 0.115. The molecule has 2 N–H and O–H groups in total. The molecule has 32 heavy (non-hydrogen) atoms. The van der Waals surface area contributed by atoms with Gasteiger partial charge in [-0.05, 0) is 28.8 Å². The van der Waals surface area contributed by atoms with Crippen LogP contribution < -0.4 is 5.32 Å². The number of rotatable bonds is 7. The Morgan fingerprint density at radius 3 is 2.56 bits per heavy atom. The summed E-state index contributed by atoms with van der Waals surface area (Å²) in [5.41, 5.74) is 5.90. The standard InChI is InChI=1S/C26H22N4OS/c31-24(15-21-16-32-25(29-21)13-18-7-3-1-4-8-18)30-26(19-9-5-2-6-10-19)20-11-12-22-23(14-20)28-17-27-22/h1-12,14,16-17,26H,13,15H2,(H,27,28)(H,30,31).